The highest BCUT2D eigenvalue weighted by Crippen LogP contribution is 2.52. The summed E-state index contributed by atoms with van der Waals surface area (Å²) in [5.41, 5.74) is 3.61. The molecular weight excluding hydrogens is 328 g/mol. The molecule has 1 fully saturated rings. The highest BCUT2D eigenvalue weighted by molar-refractivity contribution is 5.74. The number of nitrogens with zero attached hydrogens (tertiary/aromatic N) is 2. The maximum atomic E-state index is 12.5. The molecule has 3 N–H and O–H groups in total. The van der Waals surface area contributed by atoms with E-state index in [1.165, 1.54) is 11.3 Å². The Bertz CT molecular complexity index is 703. The number of piperidine rings is 1. The molecule has 0 spiro atoms. The number of anilines is 1. The molecular formula is C20H30N4O2. The predicted octanol–water partition coefficient (Wildman–Crippen LogP) is 2.51. The van der Waals surface area contributed by atoms with Crippen molar-refractivity contribution in [2.24, 2.45) is 0 Å². The van der Waals surface area contributed by atoms with E-state index in [1.807, 2.05) is 30.9 Å². The summed E-state index contributed by atoms with van der Waals surface area (Å²) in [6, 6.07) is 4.38. The van der Waals surface area contributed by atoms with Crippen LogP contribution >= 0.6 is 0 Å². The van der Waals surface area contributed by atoms with Gasteiger partial charge in [0.15, 0.2) is 0 Å². The molecule has 0 bridgehead atoms. The number of phenolic OH excluding ortho intramolecular Hbond substituents is 1. The van der Waals surface area contributed by atoms with Crippen LogP contribution in [0.25, 0.3) is 0 Å². The van der Waals surface area contributed by atoms with Gasteiger partial charge in [-0.05, 0) is 51.4 Å². The summed E-state index contributed by atoms with van der Waals surface area (Å²) in [6.07, 6.45) is 2.01. The summed E-state index contributed by atoms with van der Waals surface area (Å²) in [7, 11) is 2.15. The minimum absolute atomic E-state index is 0.0183. The lowest BCUT2D eigenvalue weighted by Crippen LogP contribution is -2.56. The molecule has 2 aliphatic heterocycles. The molecule has 0 saturated carbocycles. The number of fused-ring (bicyclic) bond motifs is 2. The van der Waals surface area contributed by atoms with Crippen LogP contribution < -0.4 is 10.6 Å². The number of aromatic hydroxyl groups is 1. The van der Waals surface area contributed by atoms with Crippen molar-refractivity contribution < 1.29 is 9.90 Å². The van der Waals surface area contributed by atoms with Gasteiger partial charge in [0, 0.05) is 61.3 Å². The van der Waals surface area contributed by atoms with Crippen molar-refractivity contribution in [1.82, 2.24) is 15.1 Å². The number of hydrogen-bond acceptors (Lipinski definition) is 4. The van der Waals surface area contributed by atoms with Gasteiger partial charge in [-0.3, -0.25) is 0 Å². The van der Waals surface area contributed by atoms with Crippen LogP contribution in [0, 0.1) is 0 Å². The van der Waals surface area contributed by atoms with E-state index >= 15 is 0 Å². The largest absolute Gasteiger partial charge is 0.508 e. The number of carbonyl (C=O) groups is 1. The summed E-state index contributed by atoms with van der Waals surface area (Å²) in [5.74, 6) is 1.16. The Morgan fingerprint density at radius 1 is 1.31 bits per heavy atom. The summed E-state index contributed by atoms with van der Waals surface area (Å²) < 4.78 is 0. The normalized spacial score (nSPS) is 29.5. The lowest BCUT2D eigenvalue weighted by atomic mass is 9.69. The molecule has 0 aromatic heterocycles. The summed E-state index contributed by atoms with van der Waals surface area (Å²) in [4.78, 5) is 16.7. The van der Waals surface area contributed by atoms with E-state index < -0.39 is 0 Å². The van der Waals surface area contributed by atoms with Gasteiger partial charge in [0.1, 0.15) is 5.75 Å². The third kappa shape index (κ3) is 2.71. The van der Waals surface area contributed by atoms with Gasteiger partial charge in [0.05, 0.1) is 0 Å². The van der Waals surface area contributed by atoms with Crippen LogP contribution in [0.4, 0.5) is 10.5 Å². The second-order valence-corrected chi connectivity index (χ2v) is 7.94. The van der Waals surface area contributed by atoms with Crippen molar-refractivity contribution >= 4 is 11.7 Å². The quantitative estimate of drug-likeness (QED) is 0.727. The van der Waals surface area contributed by atoms with Crippen molar-refractivity contribution in [1.29, 1.82) is 0 Å². The fraction of sp³-hybridized carbons (Fsp3) is 0.650. The number of likely N-dealkylation sites (N-methyl/N-ethyl adjacent to an activating group) is 1. The van der Waals surface area contributed by atoms with E-state index in [-0.39, 0.29) is 18.0 Å². The Morgan fingerprint density at radius 2 is 2.08 bits per heavy atom. The molecule has 1 aliphatic carbocycles. The van der Waals surface area contributed by atoms with Gasteiger partial charge in [0.2, 0.25) is 0 Å². The number of hydrogen-bond donors (Lipinski definition) is 3. The van der Waals surface area contributed by atoms with Gasteiger partial charge in [0.25, 0.3) is 0 Å². The third-order valence-electron chi connectivity index (χ3n) is 6.56. The number of amides is 2. The highest BCUT2D eigenvalue weighted by Gasteiger charge is 2.45. The zero-order chi connectivity index (χ0) is 18.4. The van der Waals surface area contributed by atoms with Crippen LogP contribution in [0.5, 0.6) is 5.75 Å². The average Bonchev–Trinajstić information content (AvgIpc) is 3.02. The number of likely N-dealkylation sites (tertiary alicyclic amines) is 1. The van der Waals surface area contributed by atoms with Gasteiger partial charge in [-0.1, -0.05) is 0 Å². The van der Waals surface area contributed by atoms with Crippen LogP contribution in [0.1, 0.15) is 49.7 Å². The van der Waals surface area contributed by atoms with Crippen molar-refractivity contribution in [3.63, 3.8) is 0 Å². The van der Waals surface area contributed by atoms with Gasteiger partial charge in [-0.2, -0.15) is 0 Å². The van der Waals surface area contributed by atoms with E-state index in [2.05, 4.69) is 22.6 Å². The highest BCUT2D eigenvalue weighted by atomic mass is 16.3. The molecule has 2 amide bonds. The van der Waals surface area contributed by atoms with Gasteiger partial charge < -0.3 is 25.5 Å². The molecule has 1 saturated heterocycles. The molecule has 4 rings (SSSR count). The average molecular weight is 358 g/mol. The zero-order valence-corrected chi connectivity index (χ0v) is 16.0. The minimum Gasteiger partial charge on any atom is -0.508 e. The number of urea groups is 1. The SMILES string of the molecule is CCN(CC)C(=O)N[C@H]1CC2c3c(O)ccc4c3C(CN4)C[C@H]2N(C)C1. The monoisotopic (exact) mass is 358 g/mol. The molecule has 2 heterocycles. The Balaban J connectivity index is 1.60. The molecule has 6 heteroatoms. The lowest BCUT2D eigenvalue weighted by molar-refractivity contribution is 0.107. The molecule has 142 valence electrons. The van der Waals surface area contributed by atoms with Crippen LogP contribution in [-0.2, 0) is 0 Å². The van der Waals surface area contributed by atoms with Crippen LogP contribution in [0.2, 0.25) is 0 Å². The topological polar surface area (TPSA) is 67.8 Å². The summed E-state index contributed by atoms with van der Waals surface area (Å²) >= 11 is 0. The van der Waals surface area contributed by atoms with Crippen molar-refractivity contribution in [3.05, 3.63) is 23.3 Å². The first-order valence-electron chi connectivity index (χ1n) is 9.88. The summed E-state index contributed by atoms with van der Waals surface area (Å²) in [6.45, 7) is 7.28. The van der Waals surface area contributed by atoms with Gasteiger partial charge in [-0.25, -0.2) is 4.79 Å². The number of rotatable bonds is 3. The number of phenols is 1. The van der Waals surface area contributed by atoms with E-state index in [4.69, 9.17) is 0 Å². The van der Waals surface area contributed by atoms with Crippen molar-refractivity contribution in [2.75, 3.05) is 38.5 Å². The van der Waals surface area contributed by atoms with E-state index in [0.29, 0.717) is 17.7 Å². The van der Waals surface area contributed by atoms with Crippen molar-refractivity contribution in [3.8, 4) is 5.75 Å². The molecule has 4 atom stereocenters. The maximum absolute atomic E-state index is 12.5. The Kier molecular flexibility index (Phi) is 4.47. The third-order valence-corrected chi connectivity index (χ3v) is 6.56. The van der Waals surface area contributed by atoms with Crippen LogP contribution in [0.3, 0.4) is 0 Å². The Hall–Kier alpha value is -1.95. The maximum Gasteiger partial charge on any atom is 0.317 e. The lowest BCUT2D eigenvalue weighted by Gasteiger charge is -2.47. The standard InChI is InChI=1S/C20H30N4O2/c1-4-24(5-2)20(26)22-13-9-14-16(23(3)11-13)8-12-10-21-15-6-7-17(25)19(14)18(12)15/h6-7,12-14,16,21,25H,4-5,8-11H2,1-3H3,(H,22,26)/t12?,13-,14?,16+/m0/s1. The molecule has 1 aromatic rings. The second kappa shape index (κ2) is 6.65. The van der Waals surface area contributed by atoms with Gasteiger partial charge in [-0.15, -0.1) is 0 Å². The first-order chi connectivity index (χ1) is 12.5. The van der Waals surface area contributed by atoms with Crippen molar-refractivity contribution in [2.45, 2.75) is 50.6 Å². The smallest absolute Gasteiger partial charge is 0.317 e. The second-order valence-electron chi connectivity index (χ2n) is 7.94. The number of nitrogens with one attached hydrogen (secondary N) is 2. The molecule has 1 aromatic carbocycles. The number of benzene rings is 1. The molecule has 6 nitrogen and oxygen atoms in total. The number of carbonyl (C=O) groups excluding carboxylic acids is 1. The zero-order valence-electron chi connectivity index (χ0n) is 16.0. The predicted molar refractivity (Wildman–Crippen MR) is 103 cm³/mol. The van der Waals surface area contributed by atoms with E-state index in [1.54, 1.807) is 0 Å². The van der Waals surface area contributed by atoms with E-state index in [0.717, 1.165) is 44.6 Å². The molecule has 0 radical (unpaired) electrons. The molecule has 2 unspecified atom stereocenters. The Morgan fingerprint density at radius 3 is 2.81 bits per heavy atom. The molecule has 26 heavy (non-hydrogen) atoms. The fourth-order valence-corrected chi connectivity index (χ4v) is 5.30. The Labute approximate surface area is 155 Å². The minimum atomic E-state index is 0.0183. The fourth-order valence-electron chi connectivity index (χ4n) is 5.30. The van der Waals surface area contributed by atoms with Crippen LogP contribution in [0.15, 0.2) is 12.1 Å². The van der Waals surface area contributed by atoms with Gasteiger partial charge >= 0.3 is 6.03 Å². The first-order valence-corrected chi connectivity index (χ1v) is 9.88. The first kappa shape index (κ1) is 17.5. The molecule has 3 aliphatic rings. The summed E-state index contributed by atoms with van der Waals surface area (Å²) in [5, 5.41) is 17.4. The van der Waals surface area contributed by atoms with E-state index in [9.17, 15) is 9.90 Å². The van der Waals surface area contributed by atoms with Crippen LogP contribution in [-0.4, -0.2) is 66.2 Å².